The van der Waals surface area contributed by atoms with Gasteiger partial charge in [0, 0.05) is 3.57 Å². The van der Waals surface area contributed by atoms with Crippen molar-refractivity contribution in [3.05, 3.63) is 101 Å². The maximum absolute atomic E-state index is 12.9. The van der Waals surface area contributed by atoms with Gasteiger partial charge >= 0.3 is 6.03 Å². The lowest BCUT2D eigenvalue weighted by Gasteiger charge is -2.12. The number of hydrogen-bond acceptors (Lipinski definition) is 3. The molecule has 0 aliphatic carbocycles. The molecule has 33 heavy (non-hydrogen) atoms. The molecule has 0 aromatic heterocycles. The molecule has 1 saturated heterocycles. The third-order valence-corrected chi connectivity index (χ3v) is 6.91. The van der Waals surface area contributed by atoms with Gasteiger partial charge in [0.1, 0.15) is 18.1 Å². The van der Waals surface area contributed by atoms with Crippen LogP contribution in [0.2, 0.25) is 0 Å². The minimum absolute atomic E-state index is 0.225. The fraction of sp³-hybridized carbons (Fsp3) is 0.120. The van der Waals surface area contributed by atoms with Crippen molar-refractivity contribution >= 4 is 72.5 Å². The van der Waals surface area contributed by atoms with Gasteiger partial charge in [-0.3, -0.25) is 9.69 Å². The Bertz CT molecular complexity index is 1240. The number of imide groups is 1. The number of urea groups is 1. The summed E-state index contributed by atoms with van der Waals surface area (Å²) in [5.41, 5.74) is 4.03. The minimum atomic E-state index is -0.427. The molecule has 1 heterocycles. The van der Waals surface area contributed by atoms with Crippen LogP contribution in [0.5, 0.6) is 5.75 Å². The van der Waals surface area contributed by atoms with E-state index in [2.05, 4.69) is 59.8 Å². The average Bonchev–Trinajstić information content (AvgIpc) is 3.02. The van der Waals surface area contributed by atoms with Crippen molar-refractivity contribution < 1.29 is 14.3 Å². The predicted molar refractivity (Wildman–Crippen MR) is 144 cm³/mol. The minimum Gasteiger partial charge on any atom is -0.487 e. The first-order valence-electron chi connectivity index (χ1n) is 10.1. The van der Waals surface area contributed by atoms with Crippen LogP contribution in [0.3, 0.4) is 0 Å². The fourth-order valence-electron chi connectivity index (χ4n) is 3.41. The molecule has 4 rings (SSSR count). The van der Waals surface area contributed by atoms with Crippen LogP contribution in [0.25, 0.3) is 6.08 Å². The molecule has 3 amide bonds. The Morgan fingerprint density at radius 2 is 1.70 bits per heavy atom. The van der Waals surface area contributed by atoms with Crippen LogP contribution in [-0.4, -0.2) is 16.8 Å². The van der Waals surface area contributed by atoms with E-state index in [-0.39, 0.29) is 18.1 Å². The number of amides is 3. The van der Waals surface area contributed by atoms with Gasteiger partial charge in [-0.05, 0) is 108 Å². The first-order valence-corrected chi connectivity index (χ1v) is 12.7. The average molecular weight is 682 g/mol. The summed E-state index contributed by atoms with van der Waals surface area (Å²) in [5.74, 6) is 0.311. The van der Waals surface area contributed by atoms with E-state index in [1.54, 1.807) is 6.08 Å². The van der Waals surface area contributed by atoms with Crippen LogP contribution in [0.15, 0.2) is 75.3 Å². The second-order valence-corrected chi connectivity index (χ2v) is 10.6. The van der Waals surface area contributed by atoms with E-state index in [0.717, 1.165) is 31.2 Å². The van der Waals surface area contributed by atoms with Crippen LogP contribution in [0.4, 0.5) is 4.79 Å². The van der Waals surface area contributed by atoms with Crippen LogP contribution < -0.4 is 10.1 Å². The zero-order valence-electron chi connectivity index (χ0n) is 17.6. The number of carbonyl (C=O) groups excluding carboxylic acids is 2. The zero-order valence-corrected chi connectivity index (χ0v) is 22.9. The molecular formula is C25H19Br2IN2O3. The van der Waals surface area contributed by atoms with Crippen molar-refractivity contribution in [2.75, 3.05) is 0 Å². The molecule has 8 heteroatoms. The van der Waals surface area contributed by atoms with Crippen molar-refractivity contribution in [2.45, 2.75) is 20.1 Å². The standard InChI is InChI=1S/C25H19Br2IN2O3/c1-15-3-2-4-17(9-15)13-30-24(31)22(29-25(30)32)12-18-10-20(26)23(21(27)11-18)33-14-16-5-7-19(28)8-6-16/h2-12H,13-14H2,1H3,(H,29,32)/b22-12+. The zero-order chi connectivity index (χ0) is 23.5. The Morgan fingerprint density at radius 3 is 2.36 bits per heavy atom. The van der Waals surface area contributed by atoms with E-state index < -0.39 is 6.03 Å². The van der Waals surface area contributed by atoms with Crippen molar-refractivity contribution in [1.82, 2.24) is 10.2 Å². The molecule has 3 aromatic carbocycles. The first-order chi connectivity index (χ1) is 15.8. The number of aryl methyl sites for hydroxylation is 1. The monoisotopic (exact) mass is 680 g/mol. The Labute approximate surface area is 222 Å². The summed E-state index contributed by atoms with van der Waals surface area (Å²) >= 11 is 9.38. The summed E-state index contributed by atoms with van der Waals surface area (Å²) in [7, 11) is 0. The van der Waals surface area contributed by atoms with Crippen LogP contribution in [-0.2, 0) is 17.9 Å². The summed E-state index contributed by atoms with van der Waals surface area (Å²) < 4.78 is 8.63. The molecule has 0 radical (unpaired) electrons. The lowest BCUT2D eigenvalue weighted by molar-refractivity contribution is -0.123. The van der Waals surface area contributed by atoms with E-state index in [9.17, 15) is 9.59 Å². The Kier molecular flexibility index (Phi) is 7.55. The Balaban J connectivity index is 1.49. The topological polar surface area (TPSA) is 58.6 Å². The van der Waals surface area contributed by atoms with Gasteiger partial charge in [-0.15, -0.1) is 0 Å². The largest absolute Gasteiger partial charge is 0.487 e. The first kappa shape index (κ1) is 24.0. The third-order valence-electron chi connectivity index (χ3n) is 5.01. The molecule has 0 saturated carbocycles. The van der Waals surface area contributed by atoms with Gasteiger partial charge in [0.15, 0.2) is 0 Å². The maximum Gasteiger partial charge on any atom is 0.329 e. The Hall–Kier alpha value is -2.17. The SMILES string of the molecule is Cc1cccc(CN2C(=O)N/C(=C/c3cc(Br)c(OCc4ccc(I)cc4)c(Br)c3)C2=O)c1. The summed E-state index contributed by atoms with van der Waals surface area (Å²) in [4.78, 5) is 26.5. The molecule has 1 fully saturated rings. The summed E-state index contributed by atoms with van der Waals surface area (Å²) in [6.45, 7) is 2.63. The normalized spacial score (nSPS) is 14.7. The number of hydrogen-bond donors (Lipinski definition) is 1. The molecule has 1 N–H and O–H groups in total. The quantitative estimate of drug-likeness (QED) is 0.177. The number of halogens is 3. The lowest BCUT2D eigenvalue weighted by atomic mass is 10.1. The molecule has 0 bridgehead atoms. The van der Waals surface area contributed by atoms with Crippen molar-refractivity contribution in [1.29, 1.82) is 0 Å². The van der Waals surface area contributed by atoms with E-state index in [1.165, 1.54) is 8.47 Å². The van der Waals surface area contributed by atoms with Gasteiger partial charge < -0.3 is 10.1 Å². The maximum atomic E-state index is 12.9. The highest BCUT2D eigenvalue weighted by atomic mass is 127. The van der Waals surface area contributed by atoms with E-state index >= 15 is 0 Å². The summed E-state index contributed by atoms with van der Waals surface area (Å²) in [5, 5.41) is 2.68. The molecule has 1 aliphatic heterocycles. The number of nitrogens with one attached hydrogen (secondary N) is 1. The molecule has 0 unspecified atom stereocenters. The molecular weight excluding hydrogens is 663 g/mol. The van der Waals surface area contributed by atoms with Gasteiger partial charge in [0.25, 0.3) is 5.91 Å². The number of benzene rings is 3. The molecule has 5 nitrogen and oxygen atoms in total. The second kappa shape index (κ2) is 10.4. The predicted octanol–water partition coefficient (Wildman–Crippen LogP) is 6.80. The highest BCUT2D eigenvalue weighted by molar-refractivity contribution is 14.1. The van der Waals surface area contributed by atoms with Crippen molar-refractivity contribution in [2.24, 2.45) is 0 Å². The van der Waals surface area contributed by atoms with E-state index in [0.29, 0.717) is 12.4 Å². The molecule has 0 atom stereocenters. The van der Waals surface area contributed by atoms with Crippen LogP contribution in [0.1, 0.15) is 22.3 Å². The van der Waals surface area contributed by atoms with E-state index in [4.69, 9.17) is 4.74 Å². The molecule has 168 valence electrons. The van der Waals surface area contributed by atoms with Gasteiger partial charge in [-0.1, -0.05) is 42.0 Å². The highest BCUT2D eigenvalue weighted by Crippen LogP contribution is 2.36. The highest BCUT2D eigenvalue weighted by Gasteiger charge is 2.33. The lowest BCUT2D eigenvalue weighted by Crippen LogP contribution is -2.30. The number of carbonyl (C=O) groups is 2. The summed E-state index contributed by atoms with van der Waals surface area (Å²) in [6.07, 6.45) is 1.66. The van der Waals surface area contributed by atoms with Gasteiger partial charge in [-0.2, -0.15) is 0 Å². The van der Waals surface area contributed by atoms with E-state index in [1.807, 2.05) is 67.6 Å². The number of rotatable bonds is 6. The second-order valence-electron chi connectivity index (χ2n) is 7.60. The molecule has 0 spiro atoms. The third kappa shape index (κ3) is 5.85. The molecule has 3 aromatic rings. The van der Waals surface area contributed by atoms with Crippen LogP contribution >= 0.6 is 54.5 Å². The van der Waals surface area contributed by atoms with Crippen molar-refractivity contribution in [3.8, 4) is 5.75 Å². The summed E-state index contributed by atoms with van der Waals surface area (Å²) in [6, 6.07) is 19.2. The number of ether oxygens (including phenoxy) is 1. The van der Waals surface area contributed by atoms with Gasteiger partial charge in [-0.25, -0.2) is 4.79 Å². The van der Waals surface area contributed by atoms with Crippen molar-refractivity contribution in [3.63, 3.8) is 0 Å². The van der Waals surface area contributed by atoms with Gasteiger partial charge in [0.2, 0.25) is 0 Å². The number of nitrogens with zero attached hydrogens (tertiary/aromatic N) is 1. The van der Waals surface area contributed by atoms with Gasteiger partial charge in [0.05, 0.1) is 15.5 Å². The fourth-order valence-corrected chi connectivity index (χ4v) is 5.22. The van der Waals surface area contributed by atoms with Crippen LogP contribution in [0, 0.1) is 10.5 Å². The Morgan fingerprint density at radius 1 is 1.00 bits per heavy atom. The molecule has 1 aliphatic rings. The smallest absolute Gasteiger partial charge is 0.329 e.